The van der Waals surface area contributed by atoms with Crippen molar-refractivity contribution in [2.24, 2.45) is 0 Å². The molecule has 4 heteroatoms. The minimum Gasteiger partial charge on any atom is -0.221 e. The highest BCUT2D eigenvalue weighted by Gasteiger charge is 2.21. The molecule has 2 aromatic rings. The Hall–Kier alpha value is -1.03. The molecule has 3 nitrogen and oxygen atoms in total. The van der Waals surface area contributed by atoms with E-state index in [1.807, 2.05) is 22.5 Å². The Morgan fingerprint density at radius 2 is 2.47 bits per heavy atom. The lowest BCUT2D eigenvalue weighted by Gasteiger charge is -1.99. The van der Waals surface area contributed by atoms with Gasteiger partial charge in [0.2, 0.25) is 0 Å². The zero-order valence-electron chi connectivity index (χ0n) is 8.68. The highest BCUT2D eigenvalue weighted by atomic mass is 32.2. The predicted octanol–water partition coefficient (Wildman–Crippen LogP) is 2.26. The molecule has 0 radical (unpaired) electrons. The third-order valence-corrected chi connectivity index (χ3v) is 3.97. The van der Waals surface area contributed by atoms with Crippen LogP contribution < -0.4 is 0 Å². The largest absolute Gasteiger partial charge is 0.221 e. The standard InChI is InChI=1S/C11H13N3S/c1-8-2-4-14-10(6-8)12-11(13-14)9-3-5-15-7-9/h2,4,6,9H,3,5,7H2,1H3. The van der Waals surface area contributed by atoms with E-state index in [0.29, 0.717) is 5.92 Å². The van der Waals surface area contributed by atoms with E-state index in [0.717, 1.165) is 11.5 Å². The van der Waals surface area contributed by atoms with Crippen LogP contribution in [0.4, 0.5) is 0 Å². The molecule has 0 amide bonds. The lowest BCUT2D eigenvalue weighted by molar-refractivity contribution is 0.713. The second-order valence-electron chi connectivity index (χ2n) is 4.04. The van der Waals surface area contributed by atoms with Crippen molar-refractivity contribution >= 4 is 17.4 Å². The molecule has 2 aromatic heterocycles. The van der Waals surface area contributed by atoms with Gasteiger partial charge in [-0.15, -0.1) is 0 Å². The van der Waals surface area contributed by atoms with Crippen LogP contribution in [-0.4, -0.2) is 26.1 Å². The first-order valence-corrected chi connectivity index (χ1v) is 6.39. The molecule has 0 aliphatic carbocycles. The topological polar surface area (TPSA) is 30.2 Å². The Morgan fingerprint density at radius 3 is 3.27 bits per heavy atom. The van der Waals surface area contributed by atoms with Crippen LogP contribution in [0.25, 0.3) is 5.65 Å². The van der Waals surface area contributed by atoms with Crippen LogP contribution in [0.5, 0.6) is 0 Å². The minimum absolute atomic E-state index is 0.565. The molecule has 1 aliphatic rings. The highest BCUT2D eigenvalue weighted by Crippen LogP contribution is 2.30. The molecule has 78 valence electrons. The maximum absolute atomic E-state index is 4.59. The predicted molar refractivity (Wildman–Crippen MR) is 62.4 cm³/mol. The van der Waals surface area contributed by atoms with Gasteiger partial charge in [0.15, 0.2) is 11.5 Å². The monoisotopic (exact) mass is 219 g/mol. The minimum atomic E-state index is 0.565. The van der Waals surface area contributed by atoms with E-state index in [1.54, 1.807) is 0 Å². The van der Waals surface area contributed by atoms with Crippen molar-refractivity contribution in [1.29, 1.82) is 0 Å². The van der Waals surface area contributed by atoms with Crippen LogP contribution in [0.2, 0.25) is 0 Å². The van der Waals surface area contributed by atoms with E-state index >= 15 is 0 Å². The summed E-state index contributed by atoms with van der Waals surface area (Å²) in [5, 5.41) is 4.53. The molecular weight excluding hydrogens is 206 g/mol. The molecule has 0 N–H and O–H groups in total. The number of aryl methyl sites for hydroxylation is 1. The third-order valence-electron chi connectivity index (χ3n) is 2.80. The summed E-state index contributed by atoms with van der Waals surface area (Å²) in [6.45, 7) is 2.08. The fraction of sp³-hybridized carbons (Fsp3) is 0.455. The van der Waals surface area contributed by atoms with E-state index in [1.165, 1.54) is 23.5 Å². The van der Waals surface area contributed by atoms with Gasteiger partial charge in [0, 0.05) is 17.9 Å². The van der Waals surface area contributed by atoms with Crippen LogP contribution in [0, 0.1) is 6.92 Å². The number of nitrogens with zero attached hydrogens (tertiary/aromatic N) is 3. The van der Waals surface area contributed by atoms with Gasteiger partial charge in [0.25, 0.3) is 0 Å². The zero-order chi connectivity index (χ0) is 10.3. The molecule has 1 fully saturated rings. The average Bonchev–Trinajstić information content (AvgIpc) is 2.84. The summed E-state index contributed by atoms with van der Waals surface area (Å²) < 4.78 is 1.88. The van der Waals surface area contributed by atoms with Crippen LogP contribution in [-0.2, 0) is 0 Å². The van der Waals surface area contributed by atoms with Gasteiger partial charge in [-0.05, 0) is 36.8 Å². The Balaban J connectivity index is 2.05. The number of aromatic nitrogens is 3. The molecule has 0 saturated carbocycles. The molecule has 15 heavy (non-hydrogen) atoms. The summed E-state index contributed by atoms with van der Waals surface area (Å²) in [5.74, 6) is 4.01. The summed E-state index contributed by atoms with van der Waals surface area (Å²) in [7, 11) is 0. The van der Waals surface area contributed by atoms with Crippen LogP contribution >= 0.6 is 11.8 Å². The molecule has 1 saturated heterocycles. The van der Waals surface area contributed by atoms with Crippen LogP contribution in [0.1, 0.15) is 23.7 Å². The normalized spacial score (nSPS) is 21.3. The van der Waals surface area contributed by atoms with Crippen molar-refractivity contribution in [2.45, 2.75) is 19.3 Å². The summed E-state index contributed by atoms with van der Waals surface area (Å²) in [6.07, 6.45) is 3.21. The second-order valence-corrected chi connectivity index (χ2v) is 5.19. The summed E-state index contributed by atoms with van der Waals surface area (Å²) in [5.41, 5.74) is 2.21. The molecule has 1 unspecified atom stereocenters. The van der Waals surface area contributed by atoms with Crippen molar-refractivity contribution in [3.63, 3.8) is 0 Å². The van der Waals surface area contributed by atoms with E-state index < -0.39 is 0 Å². The number of pyridine rings is 1. The molecule has 1 atom stereocenters. The quantitative estimate of drug-likeness (QED) is 0.737. The molecule has 3 rings (SSSR count). The van der Waals surface area contributed by atoms with Crippen molar-refractivity contribution in [3.05, 3.63) is 29.7 Å². The van der Waals surface area contributed by atoms with Gasteiger partial charge in [0.05, 0.1) is 0 Å². The number of thioether (sulfide) groups is 1. The fourth-order valence-electron chi connectivity index (χ4n) is 1.91. The molecular formula is C11H13N3S. The van der Waals surface area contributed by atoms with Crippen molar-refractivity contribution in [3.8, 4) is 0 Å². The van der Waals surface area contributed by atoms with Gasteiger partial charge in [-0.1, -0.05) is 0 Å². The van der Waals surface area contributed by atoms with Crippen LogP contribution in [0.3, 0.4) is 0 Å². The fourth-order valence-corrected chi connectivity index (χ4v) is 3.13. The first kappa shape index (κ1) is 9.21. The van der Waals surface area contributed by atoms with E-state index in [-0.39, 0.29) is 0 Å². The lowest BCUT2D eigenvalue weighted by atomic mass is 10.1. The van der Waals surface area contributed by atoms with Gasteiger partial charge in [0.1, 0.15) is 0 Å². The van der Waals surface area contributed by atoms with E-state index in [9.17, 15) is 0 Å². The maximum atomic E-state index is 4.59. The summed E-state index contributed by atoms with van der Waals surface area (Å²) >= 11 is 2.00. The Morgan fingerprint density at radius 1 is 1.53 bits per heavy atom. The van der Waals surface area contributed by atoms with Crippen LogP contribution in [0.15, 0.2) is 18.3 Å². The second kappa shape index (κ2) is 3.52. The SMILES string of the molecule is Cc1ccn2nc(C3CCSC3)nc2c1. The first-order valence-electron chi connectivity index (χ1n) is 5.23. The van der Waals surface area contributed by atoms with Gasteiger partial charge in [-0.2, -0.15) is 16.9 Å². The molecule has 0 aromatic carbocycles. The number of hydrogen-bond donors (Lipinski definition) is 0. The van der Waals surface area contributed by atoms with Crippen molar-refractivity contribution < 1.29 is 0 Å². The lowest BCUT2D eigenvalue weighted by Crippen LogP contribution is -1.99. The highest BCUT2D eigenvalue weighted by molar-refractivity contribution is 7.99. The molecule has 0 bridgehead atoms. The van der Waals surface area contributed by atoms with Gasteiger partial charge in [-0.3, -0.25) is 0 Å². The smallest absolute Gasteiger partial charge is 0.155 e. The third kappa shape index (κ3) is 1.63. The summed E-state index contributed by atoms with van der Waals surface area (Å²) in [4.78, 5) is 4.59. The molecule has 3 heterocycles. The Kier molecular flexibility index (Phi) is 2.16. The van der Waals surface area contributed by atoms with Crippen molar-refractivity contribution in [2.75, 3.05) is 11.5 Å². The first-order chi connectivity index (χ1) is 7.33. The van der Waals surface area contributed by atoms with Crippen molar-refractivity contribution in [1.82, 2.24) is 14.6 Å². The van der Waals surface area contributed by atoms with E-state index in [4.69, 9.17) is 0 Å². The molecule has 1 aliphatic heterocycles. The van der Waals surface area contributed by atoms with E-state index in [2.05, 4.69) is 29.1 Å². The number of rotatable bonds is 1. The van der Waals surface area contributed by atoms with Gasteiger partial charge >= 0.3 is 0 Å². The summed E-state index contributed by atoms with van der Waals surface area (Å²) in [6, 6.07) is 4.15. The Labute approximate surface area is 92.9 Å². The van der Waals surface area contributed by atoms with Gasteiger partial charge in [-0.25, -0.2) is 9.50 Å². The Bertz CT molecular complexity index is 486. The maximum Gasteiger partial charge on any atom is 0.155 e. The molecule has 0 spiro atoms. The zero-order valence-corrected chi connectivity index (χ0v) is 9.50. The average molecular weight is 219 g/mol. The number of fused-ring (bicyclic) bond motifs is 1. The number of hydrogen-bond acceptors (Lipinski definition) is 3. The van der Waals surface area contributed by atoms with Gasteiger partial charge < -0.3 is 0 Å².